The van der Waals surface area contributed by atoms with Gasteiger partial charge in [0.1, 0.15) is 11.1 Å². The van der Waals surface area contributed by atoms with Gasteiger partial charge in [-0.3, -0.25) is 0 Å². The van der Waals surface area contributed by atoms with Crippen molar-refractivity contribution < 1.29 is 4.74 Å². The van der Waals surface area contributed by atoms with Crippen LogP contribution in [-0.4, -0.2) is 11.1 Å². The van der Waals surface area contributed by atoms with Gasteiger partial charge in [-0.05, 0) is 31.1 Å². The van der Waals surface area contributed by atoms with Gasteiger partial charge >= 0.3 is 0 Å². The minimum Gasteiger partial charge on any atom is -0.467 e. The van der Waals surface area contributed by atoms with E-state index in [2.05, 4.69) is 18.8 Å². The van der Waals surface area contributed by atoms with E-state index >= 15 is 0 Å². The van der Waals surface area contributed by atoms with Gasteiger partial charge in [0, 0.05) is 0 Å². The van der Waals surface area contributed by atoms with Crippen molar-refractivity contribution in [3.8, 4) is 5.19 Å². The second-order valence-corrected chi connectivity index (χ2v) is 5.56. The topological polar surface area (TPSA) is 48.1 Å². The lowest BCUT2D eigenvalue weighted by Crippen LogP contribution is -2.28. The largest absolute Gasteiger partial charge is 0.467 e. The summed E-state index contributed by atoms with van der Waals surface area (Å²) in [5.41, 5.74) is 5.61. The molecule has 1 fully saturated rings. The molecule has 0 saturated heterocycles. The first-order chi connectivity index (χ1) is 7.15. The Morgan fingerprint density at radius 3 is 2.80 bits per heavy atom. The molecule has 0 amide bonds. The molecule has 0 radical (unpaired) electrons. The molecule has 0 bridgehead atoms. The molecule has 2 N–H and O–H groups in total. The van der Waals surface area contributed by atoms with E-state index in [1.54, 1.807) is 6.20 Å². The fourth-order valence-electron chi connectivity index (χ4n) is 2.07. The summed E-state index contributed by atoms with van der Waals surface area (Å²) >= 11 is 1.43. The minimum atomic E-state index is 0.335. The molecule has 2 rings (SSSR count). The van der Waals surface area contributed by atoms with Crippen molar-refractivity contribution in [1.82, 2.24) is 4.98 Å². The third kappa shape index (κ3) is 2.62. The van der Waals surface area contributed by atoms with Crippen LogP contribution in [0.4, 0.5) is 5.00 Å². The molecule has 1 aliphatic rings. The van der Waals surface area contributed by atoms with Crippen molar-refractivity contribution in [2.75, 3.05) is 5.73 Å². The van der Waals surface area contributed by atoms with Crippen molar-refractivity contribution in [3.05, 3.63) is 6.20 Å². The first-order valence-corrected chi connectivity index (χ1v) is 6.34. The van der Waals surface area contributed by atoms with Crippen molar-refractivity contribution >= 4 is 16.3 Å². The summed E-state index contributed by atoms with van der Waals surface area (Å²) in [4.78, 5) is 4.13. The van der Waals surface area contributed by atoms with Crippen LogP contribution in [0.1, 0.15) is 33.1 Å². The lowest BCUT2D eigenvalue weighted by molar-refractivity contribution is 0.100. The highest BCUT2D eigenvalue weighted by atomic mass is 32.1. The van der Waals surface area contributed by atoms with Crippen LogP contribution in [-0.2, 0) is 0 Å². The zero-order valence-electron chi connectivity index (χ0n) is 9.27. The Morgan fingerprint density at radius 1 is 1.40 bits per heavy atom. The molecule has 0 aliphatic heterocycles. The first kappa shape index (κ1) is 10.7. The van der Waals surface area contributed by atoms with Crippen LogP contribution < -0.4 is 10.5 Å². The molecule has 4 heteroatoms. The van der Waals surface area contributed by atoms with Crippen LogP contribution in [0.5, 0.6) is 5.19 Å². The van der Waals surface area contributed by atoms with Crippen molar-refractivity contribution in [2.45, 2.75) is 39.2 Å². The number of nitrogens with two attached hydrogens (primary N) is 1. The van der Waals surface area contributed by atoms with Crippen molar-refractivity contribution in [2.24, 2.45) is 11.8 Å². The van der Waals surface area contributed by atoms with Gasteiger partial charge in [0.25, 0.3) is 5.19 Å². The fraction of sp³-hybridized carbons (Fsp3) is 0.727. The Hall–Kier alpha value is -0.770. The van der Waals surface area contributed by atoms with E-state index in [1.165, 1.54) is 17.8 Å². The monoisotopic (exact) mass is 226 g/mol. The third-order valence-electron chi connectivity index (χ3n) is 3.32. The summed E-state index contributed by atoms with van der Waals surface area (Å²) in [5, 5.41) is 1.45. The number of aromatic nitrogens is 1. The zero-order valence-corrected chi connectivity index (χ0v) is 10.1. The molecule has 3 unspecified atom stereocenters. The van der Waals surface area contributed by atoms with E-state index < -0.39 is 0 Å². The van der Waals surface area contributed by atoms with E-state index in [4.69, 9.17) is 10.5 Å². The second kappa shape index (κ2) is 4.39. The van der Waals surface area contributed by atoms with E-state index in [0.717, 1.165) is 34.9 Å². The number of rotatable bonds is 2. The van der Waals surface area contributed by atoms with Gasteiger partial charge in [0.05, 0.1) is 6.20 Å². The lowest BCUT2D eigenvalue weighted by Gasteiger charge is -2.31. The van der Waals surface area contributed by atoms with Gasteiger partial charge in [-0.15, -0.1) is 0 Å². The maximum absolute atomic E-state index is 5.82. The number of hydrogen-bond acceptors (Lipinski definition) is 4. The van der Waals surface area contributed by atoms with Crippen molar-refractivity contribution in [3.63, 3.8) is 0 Å². The molecule has 1 saturated carbocycles. The maximum atomic E-state index is 5.82. The SMILES string of the molecule is CC1CCC(Oc2ncc(N)s2)CC1C. The number of nitrogen functional groups attached to an aromatic ring is 1. The Labute approximate surface area is 94.7 Å². The Morgan fingerprint density at radius 2 is 2.20 bits per heavy atom. The highest BCUT2D eigenvalue weighted by Gasteiger charge is 2.26. The molecule has 1 aliphatic carbocycles. The summed E-state index contributed by atoms with van der Waals surface area (Å²) in [5.74, 6) is 1.58. The summed E-state index contributed by atoms with van der Waals surface area (Å²) in [7, 11) is 0. The molecule has 1 aromatic heterocycles. The molecule has 84 valence electrons. The minimum absolute atomic E-state index is 0.335. The van der Waals surface area contributed by atoms with Crippen LogP contribution in [0.25, 0.3) is 0 Å². The number of hydrogen-bond donors (Lipinski definition) is 1. The smallest absolute Gasteiger partial charge is 0.275 e. The second-order valence-electron chi connectivity index (χ2n) is 4.54. The fourth-order valence-corrected chi connectivity index (χ4v) is 2.67. The molecule has 1 aromatic rings. The maximum Gasteiger partial charge on any atom is 0.275 e. The molecule has 15 heavy (non-hydrogen) atoms. The van der Waals surface area contributed by atoms with Crippen LogP contribution in [0, 0.1) is 11.8 Å². The van der Waals surface area contributed by atoms with Crippen LogP contribution in [0.2, 0.25) is 0 Å². The number of anilines is 1. The quantitative estimate of drug-likeness (QED) is 0.843. The summed E-state index contributed by atoms with van der Waals surface area (Å²) < 4.78 is 5.82. The highest BCUT2D eigenvalue weighted by molar-refractivity contribution is 7.17. The molecule has 1 heterocycles. The van der Waals surface area contributed by atoms with Gasteiger partial charge < -0.3 is 10.5 Å². The average Bonchev–Trinajstić information content (AvgIpc) is 2.58. The number of nitrogens with zero attached hydrogens (tertiary/aromatic N) is 1. The zero-order chi connectivity index (χ0) is 10.8. The lowest BCUT2D eigenvalue weighted by atomic mass is 9.80. The predicted molar refractivity (Wildman–Crippen MR) is 63.1 cm³/mol. The molecule has 3 atom stereocenters. The van der Waals surface area contributed by atoms with Crippen LogP contribution >= 0.6 is 11.3 Å². The van der Waals surface area contributed by atoms with Gasteiger partial charge in [0.15, 0.2) is 0 Å². The third-order valence-corrected chi connectivity index (χ3v) is 4.04. The van der Waals surface area contributed by atoms with Crippen LogP contribution in [0.3, 0.4) is 0 Å². The van der Waals surface area contributed by atoms with Crippen molar-refractivity contribution in [1.29, 1.82) is 0 Å². The number of ether oxygens (including phenoxy) is 1. The Bertz CT molecular complexity index is 326. The Balaban J connectivity index is 1.90. The van der Waals surface area contributed by atoms with Crippen LogP contribution in [0.15, 0.2) is 6.20 Å². The van der Waals surface area contributed by atoms with Gasteiger partial charge in [-0.1, -0.05) is 25.2 Å². The molecule has 0 spiro atoms. The Kier molecular flexibility index (Phi) is 3.14. The van der Waals surface area contributed by atoms with Gasteiger partial charge in [-0.2, -0.15) is 0 Å². The molecular formula is C11H18N2OS. The summed E-state index contributed by atoms with van der Waals surface area (Å²) in [6.45, 7) is 4.62. The standard InChI is InChI=1S/C11H18N2OS/c1-7-3-4-9(5-8(7)2)14-11-13-6-10(12)15-11/h6-9H,3-5,12H2,1-2H3. The predicted octanol–water partition coefficient (Wildman–Crippen LogP) is 2.93. The van der Waals surface area contributed by atoms with E-state index in [1.807, 2.05) is 0 Å². The van der Waals surface area contributed by atoms with E-state index in [0.29, 0.717) is 6.10 Å². The molecule has 3 nitrogen and oxygen atoms in total. The normalized spacial score (nSPS) is 31.5. The molecule has 0 aromatic carbocycles. The average molecular weight is 226 g/mol. The number of thiazole rings is 1. The summed E-state index contributed by atoms with van der Waals surface area (Å²) in [6, 6.07) is 0. The van der Waals surface area contributed by atoms with E-state index in [9.17, 15) is 0 Å². The summed E-state index contributed by atoms with van der Waals surface area (Å²) in [6.07, 6.45) is 5.54. The van der Waals surface area contributed by atoms with E-state index in [-0.39, 0.29) is 0 Å². The van der Waals surface area contributed by atoms with Gasteiger partial charge in [0.2, 0.25) is 0 Å². The highest BCUT2D eigenvalue weighted by Crippen LogP contribution is 2.33. The van der Waals surface area contributed by atoms with Gasteiger partial charge in [-0.25, -0.2) is 4.98 Å². The molecular weight excluding hydrogens is 208 g/mol. The first-order valence-electron chi connectivity index (χ1n) is 5.53.